The molecule has 0 saturated carbocycles. The molecule has 0 aromatic heterocycles. The molecule has 2 saturated heterocycles. The quantitative estimate of drug-likeness (QED) is 0.724. The van der Waals surface area contributed by atoms with Crippen LogP contribution >= 0.6 is 0 Å². The summed E-state index contributed by atoms with van der Waals surface area (Å²) in [6.07, 6.45) is 8.38. The maximum atomic E-state index is 2.76. The van der Waals surface area contributed by atoms with Gasteiger partial charge in [-0.25, -0.2) is 0 Å². The van der Waals surface area contributed by atoms with Crippen molar-refractivity contribution in [3.63, 3.8) is 0 Å². The van der Waals surface area contributed by atoms with Crippen molar-refractivity contribution in [2.24, 2.45) is 0 Å². The number of rotatable bonds is 4. The Kier molecular flexibility index (Phi) is 4.66. The van der Waals surface area contributed by atoms with Crippen molar-refractivity contribution in [2.45, 2.75) is 64.5 Å². The van der Waals surface area contributed by atoms with E-state index in [0.29, 0.717) is 0 Å². The lowest BCUT2D eigenvalue weighted by molar-refractivity contribution is 0.173. The summed E-state index contributed by atoms with van der Waals surface area (Å²) in [6, 6.07) is 1.69. The van der Waals surface area contributed by atoms with Crippen molar-refractivity contribution in [1.29, 1.82) is 0 Å². The standard InChI is InChI=1S/C14H28N2/c1-3-4-7-13(2)16-11-6-10-15-9-5-8-14(15)12-16/h13-14H,3-12H2,1-2H3. The van der Waals surface area contributed by atoms with Gasteiger partial charge in [-0.05, 0) is 52.2 Å². The Labute approximate surface area is 101 Å². The number of hydrogen-bond donors (Lipinski definition) is 0. The fourth-order valence-electron chi connectivity index (χ4n) is 3.32. The van der Waals surface area contributed by atoms with Crippen molar-refractivity contribution in [1.82, 2.24) is 9.80 Å². The molecule has 0 N–H and O–H groups in total. The van der Waals surface area contributed by atoms with E-state index in [2.05, 4.69) is 23.6 Å². The molecule has 0 aromatic carbocycles. The van der Waals surface area contributed by atoms with Crippen LogP contribution in [-0.2, 0) is 0 Å². The molecule has 2 rings (SSSR count). The van der Waals surface area contributed by atoms with Crippen molar-refractivity contribution in [3.05, 3.63) is 0 Å². The summed E-state index contributed by atoms with van der Waals surface area (Å²) >= 11 is 0. The molecule has 94 valence electrons. The van der Waals surface area contributed by atoms with Crippen LogP contribution in [0, 0.1) is 0 Å². The van der Waals surface area contributed by atoms with Crippen LogP contribution in [0.1, 0.15) is 52.4 Å². The van der Waals surface area contributed by atoms with Gasteiger partial charge < -0.3 is 0 Å². The second-order valence-electron chi connectivity index (χ2n) is 5.67. The Morgan fingerprint density at radius 2 is 2.00 bits per heavy atom. The van der Waals surface area contributed by atoms with E-state index in [1.807, 2.05) is 0 Å². The van der Waals surface area contributed by atoms with Crippen molar-refractivity contribution >= 4 is 0 Å². The van der Waals surface area contributed by atoms with Gasteiger partial charge in [0.05, 0.1) is 0 Å². The predicted molar refractivity (Wildman–Crippen MR) is 69.8 cm³/mol. The van der Waals surface area contributed by atoms with E-state index in [1.54, 1.807) is 0 Å². The van der Waals surface area contributed by atoms with E-state index < -0.39 is 0 Å². The first kappa shape index (κ1) is 12.4. The van der Waals surface area contributed by atoms with Gasteiger partial charge in [-0.3, -0.25) is 9.80 Å². The molecule has 0 aromatic rings. The summed E-state index contributed by atoms with van der Waals surface area (Å²) in [6.45, 7) is 10.1. The maximum absolute atomic E-state index is 2.76. The van der Waals surface area contributed by atoms with Crippen molar-refractivity contribution < 1.29 is 0 Å². The minimum Gasteiger partial charge on any atom is -0.299 e. The minimum atomic E-state index is 0.806. The van der Waals surface area contributed by atoms with Crippen LogP contribution in [0.2, 0.25) is 0 Å². The SMILES string of the molecule is CCCCC(C)N1CCCN2CCCC2C1. The predicted octanol–water partition coefficient (Wildman–Crippen LogP) is 2.74. The average molecular weight is 224 g/mol. The van der Waals surface area contributed by atoms with Crippen LogP contribution in [0.25, 0.3) is 0 Å². The molecule has 2 aliphatic heterocycles. The second kappa shape index (κ2) is 6.02. The van der Waals surface area contributed by atoms with Gasteiger partial charge in [-0.15, -0.1) is 0 Å². The smallest absolute Gasteiger partial charge is 0.0223 e. The van der Waals surface area contributed by atoms with Gasteiger partial charge in [0.15, 0.2) is 0 Å². The highest BCUT2D eigenvalue weighted by Gasteiger charge is 2.29. The number of nitrogens with zero attached hydrogens (tertiary/aromatic N) is 2. The van der Waals surface area contributed by atoms with Gasteiger partial charge in [0.2, 0.25) is 0 Å². The fourth-order valence-corrected chi connectivity index (χ4v) is 3.32. The van der Waals surface area contributed by atoms with Gasteiger partial charge in [0.25, 0.3) is 0 Å². The summed E-state index contributed by atoms with van der Waals surface area (Å²) in [5.74, 6) is 0. The number of unbranched alkanes of at least 4 members (excludes halogenated alkanes) is 1. The minimum absolute atomic E-state index is 0.806. The van der Waals surface area contributed by atoms with Gasteiger partial charge in [-0.2, -0.15) is 0 Å². The van der Waals surface area contributed by atoms with Gasteiger partial charge >= 0.3 is 0 Å². The van der Waals surface area contributed by atoms with Crippen molar-refractivity contribution in [2.75, 3.05) is 26.2 Å². The Bertz CT molecular complexity index is 205. The summed E-state index contributed by atoms with van der Waals surface area (Å²) in [5, 5.41) is 0. The summed E-state index contributed by atoms with van der Waals surface area (Å²) < 4.78 is 0. The molecule has 16 heavy (non-hydrogen) atoms. The molecule has 2 atom stereocenters. The third-order valence-corrected chi connectivity index (χ3v) is 4.43. The molecule has 2 heteroatoms. The van der Waals surface area contributed by atoms with E-state index >= 15 is 0 Å². The molecule has 0 aliphatic carbocycles. The third-order valence-electron chi connectivity index (χ3n) is 4.43. The Morgan fingerprint density at radius 3 is 2.81 bits per heavy atom. The molecule has 2 fully saturated rings. The van der Waals surface area contributed by atoms with E-state index in [4.69, 9.17) is 0 Å². The number of hydrogen-bond acceptors (Lipinski definition) is 2. The second-order valence-corrected chi connectivity index (χ2v) is 5.67. The zero-order chi connectivity index (χ0) is 11.4. The lowest BCUT2D eigenvalue weighted by Gasteiger charge is -2.30. The summed E-state index contributed by atoms with van der Waals surface area (Å²) in [7, 11) is 0. The van der Waals surface area contributed by atoms with E-state index in [1.165, 1.54) is 64.7 Å². The van der Waals surface area contributed by atoms with Gasteiger partial charge in [0, 0.05) is 18.6 Å². The Hall–Kier alpha value is -0.0800. The van der Waals surface area contributed by atoms with Gasteiger partial charge in [-0.1, -0.05) is 19.8 Å². The van der Waals surface area contributed by atoms with Crippen LogP contribution in [0.4, 0.5) is 0 Å². The molecule has 0 bridgehead atoms. The highest BCUT2D eigenvalue weighted by molar-refractivity contribution is 4.86. The largest absolute Gasteiger partial charge is 0.299 e. The fraction of sp³-hybridized carbons (Fsp3) is 1.00. The zero-order valence-electron chi connectivity index (χ0n) is 11.1. The molecule has 2 nitrogen and oxygen atoms in total. The normalized spacial score (nSPS) is 30.0. The topological polar surface area (TPSA) is 6.48 Å². The first-order valence-corrected chi connectivity index (χ1v) is 7.29. The molecule has 2 heterocycles. The first-order valence-electron chi connectivity index (χ1n) is 7.29. The molecule has 2 unspecified atom stereocenters. The molecular weight excluding hydrogens is 196 g/mol. The van der Waals surface area contributed by atoms with Crippen LogP contribution in [-0.4, -0.2) is 48.1 Å². The van der Waals surface area contributed by atoms with E-state index in [0.717, 1.165) is 12.1 Å². The highest BCUT2D eigenvalue weighted by atomic mass is 15.3. The van der Waals surface area contributed by atoms with Crippen molar-refractivity contribution in [3.8, 4) is 0 Å². The van der Waals surface area contributed by atoms with Gasteiger partial charge in [0.1, 0.15) is 0 Å². The molecule has 0 radical (unpaired) electrons. The molecule has 0 amide bonds. The van der Waals surface area contributed by atoms with E-state index in [9.17, 15) is 0 Å². The zero-order valence-corrected chi connectivity index (χ0v) is 11.1. The maximum Gasteiger partial charge on any atom is 0.0223 e. The Morgan fingerprint density at radius 1 is 1.19 bits per heavy atom. The highest BCUT2D eigenvalue weighted by Crippen LogP contribution is 2.23. The first-order chi connectivity index (χ1) is 7.81. The average Bonchev–Trinajstić information content (AvgIpc) is 2.63. The molecule has 0 spiro atoms. The summed E-state index contributed by atoms with van der Waals surface area (Å²) in [5.41, 5.74) is 0. The van der Waals surface area contributed by atoms with Crippen LogP contribution in [0.15, 0.2) is 0 Å². The lowest BCUT2D eigenvalue weighted by atomic mass is 10.1. The van der Waals surface area contributed by atoms with Crippen LogP contribution in [0.3, 0.4) is 0 Å². The molecular formula is C14H28N2. The number of fused-ring (bicyclic) bond motifs is 1. The Balaban J connectivity index is 1.84. The third kappa shape index (κ3) is 2.98. The van der Waals surface area contributed by atoms with Crippen LogP contribution < -0.4 is 0 Å². The summed E-state index contributed by atoms with van der Waals surface area (Å²) in [4.78, 5) is 5.48. The molecule has 2 aliphatic rings. The monoisotopic (exact) mass is 224 g/mol. The van der Waals surface area contributed by atoms with Crippen LogP contribution in [0.5, 0.6) is 0 Å². The lowest BCUT2D eigenvalue weighted by Crippen LogP contribution is -2.40. The van der Waals surface area contributed by atoms with E-state index in [-0.39, 0.29) is 0 Å².